The lowest BCUT2D eigenvalue weighted by atomic mass is 9.66. The number of aryl methyl sites for hydroxylation is 1. The van der Waals surface area contributed by atoms with E-state index in [0.717, 1.165) is 24.0 Å². The highest BCUT2D eigenvalue weighted by atomic mass is 16.3. The number of phenols is 2. The van der Waals surface area contributed by atoms with Crippen molar-refractivity contribution in [3.8, 4) is 11.5 Å². The number of hydrogen-bond acceptors (Lipinski definition) is 2. The minimum Gasteiger partial charge on any atom is -0.508 e. The van der Waals surface area contributed by atoms with E-state index in [0.29, 0.717) is 0 Å². The Morgan fingerprint density at radius 1 is 0.483 bits per heavy atom. The van der Waals surface area contributed by atoms with Crippen LogP contribution in [0, 0.1) is 0 Å². The van der Waals surface area contributed by atoms with Gasteiger partial charge in [-0.1, -0.05) is 84.9 Å². The van der Waals surface area contributed by atoms with Gasteiger partial charge in [-0.05, 0) is 59.4 Å². The molecule has 144 valence electrons. The van der Waals surface area contributed by atoms with E-state index in [9.17, 15) is 10.2 Å². The van der Waals surface area contributed by atoms with Crippen LogP contribution in [0.1, 0.15) is 28.7 Å². The molecule has 0 aliphatic rings. The van der Waals surface area contributed by atoms with Crippen LogP contribution in [0.25, 0.3) is 0 Å². The van der Waals surface area contributed by atoms with Crippen LogP contribution in [0.3, 0.4) is 0 Å². The third-order valence-corrected chi connectivity index (χ3v) is 5.62. The van der Waals surface area contributed by atoms with Crippen LogP contribution in [0.2, 0.25) is 0 Å². The Morgan fingerprint density at radius 3 is 1.38 bits per heavy atom. The molecule has 29 heavy (non-hydrogen) atoms. The van der Waals surface area contributed by atoms with Crippen molar-refractivity contribution >= 4 is 0 Å². The van der Waals surface area contributed by atoms with E-state index in [1.54, 1.807) is 24.3 Å². The third kappa shape index (κ3) is 3.88. The van der Waals surface area contributed by atoms with Crippen molar-refractivity contribution in [2.24, 2.45) is 0 Å². The maximum Gasteiger partial charge on any atom is 0.115 e. The second-order valence-corrected chi connectivity index (χ2v) is 7.35. The van der Waals surface area contributed by atoms with Crippen molar-refractivity contribution in [3.63, 3.8) is 0 Å². The molecule has 0 aliphatic heterocycles. The molecule has 2 heteroatoms. The summed E-state index contributed by atoms with van der Waals surface area (Å²) in [5, 5.41) is 19.7. The maximum absolute atomic E-state index is 9.87. The quantitative estimate of drug-likeness (QED) is 0.399. The Hall–Kier alpha value is -3.52. The monoisotopic (exact) mass is 380 g/mol. The van der Waals surface area contributed by atoms with E-state index in [1.165, 1.54) is 11.1 Å². The molecule has 0 saturated heterocycles. The zero-order valence-corrected chi connectivity index (χ0v) is 16.2. The Bertz CT molecular complexity index is 992. The van der Waals surface area contributed by atoms with Crippen molar-refractivity contribution in [2.45, 2.75) is 18.3 Å². The summed E-state index contributed by atoms with van der Waals surface area (Å²) in [7, 11) is 0. The highest BCUT2D eigenvalue weighted by molar-refractivity contribution is 5.52. The van der Waals surface area contributed by atoms with E-state index in [4.69, 9.17) is 0 Å². The molecule has 0 aromatic heterocycles. The van der Waals surface area contributed by atoms with Gasteiger partial charge in [0.1, 0.15) is 11.5 Å². The largest absolute Gasteiger partial charge is 0.508 e. The highest BCUT2D eigenvalue weighted by Gasteiger charge is 2.36. The van der Waals surface area contributed by atoms with Crippen LogP contribution < -0.4 is 0 Å². The lowest BCUT2D eigenvalue weighted by molar-refractivity contribution is 0.473. The molecule has 2 N–H and O–H groups in total. The van der Waals surface area contributed by atoms with Crippen LogP contribution in [0.5, 0.6) is 11.5 Å². The molecule has 0 heterocycles. The topological polar surface area (TPSA) is 40.5 Å². The summed E-state index contributed by atoms with van der Waals surface area (Å²) < 4.78 is 0. The average molecular weight is 380 g/mol. The van der Waals surface area contributed by atoms with Gasteiger partial charge in [-0.2, -0.15) is 0 Å². The molecule has 0 amide bonds. The minimum atomic E-state index is -0.404. The molecule has 0 aliphatic carbocycles. The van der Waals surface area contributed by atoms with Gasteiger partial charge in [0, 0.05) is 5.41 Å². The van der Waals surface area contributed by atoms with Gasteiger partial charge in [0.15, 0.2) is 0 Å². The van der Waals surface area contributed by atoms with E-state index in [1.807, 2.05) is 36.4 Å². The molecule has 0 atom stereocenters. The van der Waals surface area contributed by atoms with Crippen LogP contribution >= 0.6 is 0 Å². The summed E-state index contributed by atoms with van der Waals surface area (Å²) >= 11 is 0. The van der Waals surface area contributed by atoms with Crippen molar-refractivity contribution < 1.29 is 10.2 Å². The van der Waals surface area contributed by atoms with Crippen LogP contribution in [-0.2, 0) is 11.8 Å². The first kappa shape index (κ1) is 18.8. The molecule has 2 nitrogen and oxygen atoms in total. The number of hydrogen-bond donors (Lipinski definition) is 2. The Balaban J connectivity index is 1.91. The van der Waals surface area contributed by atoms with Crippen LogP contribution in [0.4, 0.5) is 0 Å². The van der Waals surface area contributed by atoms with Gasteiger partial charge in [-0.15, -0.1) is 0 Å². The van der Waals surface area contributed by atoms with Gasteiger partial charge in [0.2, 0.25) is 0 Å². The summed E-state index contributed by atoms with van der Waals surface area (Å²) in [5.41, 5.74) is 4.29. The van der Waals surface area contributed by atoms with Gasteiger partial charge >= 0.3 is 0 Å². The van der Waals surface area contributed by atoms with E-state index in [2.05, 4.69) is 48.5 Å². The normalized spacial score (nSPS) is 11.3. The molecule has 4 rings (SSSR count). The third-order valence-electron chi connectivity index (χ3n) is 5.62. The lowest BCUT2D eigenvalue weighted by Gasteiger charge is -2.36. The molecular formula is C27H24O2. The van der Waals surface area contributed by atoms with Gasteiger partial charge in [0.25, 0.3) is 0 Å². The molecule has 4 aromatic rings. The minimum absolute atomic E-state index is 0.254. The fraction of sp³-hybridized carbons (Fsp3) is 0.111. The summed E-state index contributed by atoms with van der Waals surface area (Å²) in [6.45, 7) is 0. The zero-order chi connectivity index (χ0) is 20.1. The number of rotatable bonds is 6. The lowest BCUT2D eigenvalue weighted by Crippen LogP contribution is -2.30. The van der Waals surface area contributed by atoms with Gasteiger partial charge in [0.05, 0.1) is 0 Å². The molecule has 0 unspecified atom stereocenters. The van der Waals surface area contributed by atoms with Crippen LogP contribution in [0.15, 0.2) is 109 Å². The van der Waals surface area contributed by atoms with E-state index in [-0.39, 0.29) is 11.5 Å². The number of phenolic OH excluding ortho intramolecular Hbond substituents is 2. The molecule has 0 fully saturated rings. The number of aromatic hydroxyl groups is 2. The van der Waals surface area contributed by atoms with Crippen molar-refractivity contribution in [3.05, 3.63) is 131 Å². The highest BCUT2D eigenvalue weighted by Crippen LogP contribution is 2.43. The van der Waals surface area contributed by atoms with Gasteiger partial charge < -0.3 is 10.2 Å². The predicted octanol–water partition coefficient (Wildman–Crippen LogP) is 6.07. The Morgan fingerprint density at radius 2 is 0.897 bits per heavy atom. The first-order valence-electron chi connectivity index (χ1n) is 9.87. The second kappa shape index (κ2) is 8.24. The number of benzene rings is 4. The molecule has 0 spiro atoms. The molecule has 0 radical (unpaired) electrons. The van der Waals surface area contributed by atoms with Crippen molar-refractivity contribution in [1.29, 1.82) is 0 Å². The standard InChI is InChI=1S/C27H24O2/c28-25-15-11-23(12-16-25)27(22-9-5-2-6-10-22,24-13-17-26(29)18-14-24)20-19-21-7-3-1-4-8-21/h1-18,28-29H,19-20H2. The summed E-state index contributed by atoms with van der Waals surface area (Å²) in [5.74, 6) is 0.508. The first-order chi connectivity index (χ1) is 14.2. The van der Waals surface area contributed by atoms with Gasteiger partial charge in [-0.25, -0.2) is 0 Å². The molecule has 0 bridgehead atoms. The second-order valence-electron chi connectivity index (χ2n) is 7.35. The Labute approximate surface area is 171 Å². The zero-order valence-electron chi connectivity index (χ0n) is 16.2. The predicted molar refractivity (Wildman–Crippen MR) is 117 cm³/mol. The summed E-state index contributed by atoms with van der Waals surface area (Å²) in [4.78, 5) is 0. The molecule has 4 aromatic carbocycles. The summed E-state index contributed by atoms with van der Waals surface area (Å²) in [6.07, 6.45) is 1.76. The Kier molecular flexibility index (Phi) is 5.35. The smallest absolute Gasteiger partial charge is 0.115 e. The van der Waals surface area contributed by atoms with Crippen LogP contribution in [-0.4, -0.2) is 10.2 Å². The van der Waals surface area contributed by atoms with Crippen molar-refractivity contribution in [2.75, 3.05) is 0 Å². The van der Waals surface area contributed by atoms with Crippen molar-refractivity contribution in [1.82, 2.24) is 0 Å². The molecule has 0 saturated carbocycles. The fourth-order valence-electron chi connectivity index (χ4n) is 4.12. The average Bonchev–Trinajstić information content (AvgIpc) is 2.78. The van der Waals surface area contributed by atoms with E-state index >= 15 is 0 Å². The summed E-state index contributed by atoms with van der Waals surface area (Å²) in [6, 6.07) is 35.9. The fourth-order valence-corrected chi connectivity index (χ4v) is 4.12. The van der Waals surface area contributed by atoms with Gasteiger partial charge in [-0.3, -0.25) is 0 Å². The van der Waals surface area contributed by atoms with E-state index < -0.39 is 5.41 Å². The first-order valence-corrected chi connectivity index (χ1v) is 9.87. The maximum atomic E-state index is 9.87. The molecular weight excluding hydrogens is 356 g/mol. The SMILES string of the molecule is Oc1ccc(C(CCc2ccccc2)(c2ccccc2)c2ccc(O)cc2)cc1.